The van der Waals surface area contributed by atoms with Gasteiger partial charge in [0.05, 0.1) is 54.3 Å². The number of nitrogens with zero attached hydrogens (tertiary/aromatic N) is 11. The quantitative estimate of drug-likeness (QED) is 0.0254. The Balaban J connectivity index is 1.34. The van der Waals surface area contributed by atoms with Gasteiger partial charge < -0.3 is 35.0 Å². The van der Waals surface area contributed by atoms with Gasteiger partial charge in [0, 0.05) is 44.1 Å². The minimum absolute atomic E-state index is 0.0805. The van der Waals surface area contributed by atoms with E-state index in [0.717, 1.165) is 57.1 Å². The molecular weight excluding hydrogens is 1020 g/mol. The summed E-state index contributed by atoms with van der Waals surface area (Å²) in [5, 5.41) is 36.4. The third kappa shape index (κ3) is 10.6. The van der Waals surface area contributed by atoms with E-state index in [-0.39, 0.29) is 37.8 Å². The second-order valence-corrected chi connectivity index (χ2v) is 22.0. The van der Waals surface area contributed by atoms with E-state index >= 15 is 0 Å². The van der Waals surface area contributed by atoms with Crippen LogP contribution in [0.1, 0.15) is 38.8 Å². The first-order chi connectivity index (χ1) is 32.5. The molecule has 0 radical (unpaired) electrons. The highest BCUT2D eigenvalue weighted by atomic mass is 32.3. The van der Waals surface area contributed by atoms with E-state index < -0.39 is 20.2 Å². The van der Waals surface area contributed by atoms with Crippen molar-refractivity contribution in [3.05, 3.63) is 35.4 Å². The smallest absolute Gasteiger partial charge is 0.304 e. The van der Waals surface area contributed by atoms with Crippen LogP contribution in [0.15, 0.2) is 58.3 Å². The molecule has 362 valence electrons. The van der Waals surface area contributed by atoms with E-state index in [9.17, 15) is 31.0 Å². The molecule has 2 aromatic carbocycles. The van der Waals surface area contributed by atoms with Crippen molar-refractivity contribution in [3.63, 3.8) is 0 Å². The summed E-state index contributed by atoms with van der Waals surface area (Å²) < 4.78 is 87.9. The molecule has 0 saturated carbocycles. The molecule has 68 heavy (non-hydrogen) atoms. The molecule has 29 heteroatoms. The molecule has 5 N–H and O–H groups in total. The van der Waals surface area contributed by atoms with Crippen molar-refractivity contribution in [2.45, 2.75) is 55.1 Å². The highest BCUT2D eigenvalue weighted by Crippen LogP contribution is 2.47. The Hall–Kier alpha value is -5.24. The summed E-state index contributed by atoms with van der Waals surface area (Å²) in [6, 6.07) is 7.06. The molecule has 0 bridgehead atoms. The van der Waals surface area contributed by atoms with Crippen LogP contribution in [0.5, 0.6) is 11.5 Å². The number of aliphatic hydroxyl groups is 1. The molecule has 5 aromatic heterocycles. The predicted molar refractivity (Wildman–Crippen MR) is 270 cm³/mol. The van der Waals surface area contributed by atoms with E-state index in [0.29, 0.717) is 102 Å². The largest absolute Gasteiger partial charge is 0.494 e. The summed E-state index contributed by atoms with van der Waals surface area (Å²) >= 11 is 4.92. The SMILES string of the molecule is CCN(CC)c1cc(Nc2nc(Nc3cc(N(CC)CC)c(OC)cc3N=Nc3snc4sc(S(=O)(=O)O)c(C)c34)nc(SCCO)n2)c(N=Nc2snc3sc(S(=O)(=O)O)c(C)c23)cc1OC. The third-order valence-electron chi connectivity index (χ3n) is 10.2. The molecule has 7 rings (SSSR count). The van der Waals surface area contributed by atoms with Gasteiger partial charge >= 0.3 is 20.2 Å². The van der Waals surface area contributed by atoms with Crippen LogP contribution in [0.3, 0.4) is 0 Å². The van der Waals surface area contributed by atoms with Crippen LogP contribution in [-0.4, -0.2) is 108 Å². The Bertz CT molecular complexity index is 3060. The molecule has 22 nitrogen and oxygen atoms in total. The highest BCUT2D eigenvalue weighted by Gasteiger charge is 2.26. The zero-order valence-electron chi connectivity index (χ0n) is 37.6. The first-order valence-corrected chi connectivity index (χ1v) is 27.5. The van der Waals surface area contributed by atoms with Gasteiger partial charge in [0.15, 0.2) is 23.6 Å². The zero-order valence-corrected chi connectivity index (χ0v) is 43.3. The number of azo groups is 2. The Morgan fingerprint density at radius 2 is 1.07 bits per heavy atom. The normalized spacial score (nSPS) is 12.3. The molecule has 0 atom stereocenters. The van der Waals surface area contributed by atoms with Crippen LogP contribution in [0.2, 0.25) is 0 Å². The summed E-state index contributed by atoms with van der Waals surface area (Å²) in [5.74, 6) is 1.42. The minimum Gasteiger partial charge on any atom is -0.494 e. The molecule has 5 heterocycles. The summed E-state index contributed by atoms with van der Waals surface area (Å²) in [5.41, 5.74) is 3.49. The number of fused-ring (bicyclic) bond motifs is 2. The standard InChI is InChI=1S/C39H45N13O9S7/c1-9-51(10-2)25-15-21(23(17-27(25)60-7)45-47-31-29-19(5)35(67(54,55)56)63-33(29)49-65-31)40-37-42-38(44-39(43-37)62-14-13-53)41-22-16-26(52(11-3)12-4)28(61-8)18-24(22)46-48-32-30-20(6)36(68(57,58)59)64-34(30)50-66-32/h15-18,53H,9-14H2,1-8H3,(H,54,55,56)(H,57,58,59)(H2,40,41,42,43,44). The molecule has 0 spiro atoms. The average molecular weight is 1060 g/mol. The van der Waals surface area contributed by atoms with Crippen molar-refractivity contribution >= 4 is 154 Å². The van der Waals surface area contributed by atoms with Crippen LogP contribution < -0.4 is 29.9 Å². The number of aromatic nitrogens is 5. The number of rotatable bonds is 21. The molecule has 0 saturated heterocycles. The zero-order chi connectivity index (χ0) is 49.1. The van der Waals surface area contributed by atoms with E-state index in [1.165, 1.54) is 11.8 Å². The van der Waals surface area contributed by atoms with E-state index in [2.05, 4.69) is 59.6 Å². The van der Waals surface area contributed by atoms with Gasteiger partial charge in [-0.15, -0.1) is 20.5 Å². The van der Waals surface area contributed by atoms with Gasteiger partial charge in [-0.05, 0) is 87.9 Å². The fourth-order valence-corrected chi connectivity index (χ4v) is 13.5. The van der Waals surface area contributed by atoms with Gasteiger partial charge in [-0.25, -0.2) is 0 Å². The summed E-state index contributed by atoms with van der Waals surface area (Å²) in [4.78, 5) is 19.1. The van der Waals surface area contributed by atoms with Crippen molar-refractivity contribution in [2.75, 3.05) is 73.2 Å². The Labute approximate surface area is 411 Å². The molecular formula is C39H45N13O9S7. The van der Waals surface area contributed by atoms with E-state index in [1.807, 2.05) is 39.8 Å². The second-order valence-electron chi connectivity index (χ2n) is 14.2. The predicted octanol–water partition coefficient (Wildman–Crippen LogP) is 10.4. The van der Waals surface area contributed by atoms with Crippen molar-refractivity contribution in [1.82, 2.24) is 23.7 Å². The van der Waals surface area contributed by atoms with Gasteiger partial charge in [0.2, 0.25) is 11.9 Å². The van der Waals surface area contributed by atoms with Crippen LogP contribution in [0.4, 0.5) is 56.0 Å². The monoisotopic (exact) mass is 1060 g/mol. The number of anilines is 6. The van der Waals surface area contributed by atoms with Gasteiger partial charge in [-0.3, -0.25) is 9.11 Å². The Morgan fingerprint density at radius 1 is 0.662 bits per heavy atom. The molecule has 7 aromatic rings. The maximum atomic E-state index is 12.1. The van der Waals surface area contributed by atoms with Gasteiger partial charge in [-0.2, -0.15) is 40.5 Å². The number of aryl methyl sites for hydroxylation is 2. The summed E-state index contributed by atoms with van der Waals surface area (Å²) in [7, 11) is -5.90. The molecule has 0 aliphatic heterocycles. The number of hydrogen-bond acceptors (Lipinski definition) is 25. The van der Waals surface area contributed by atoms with Crippen LogP contribution in [0, 0.1) is 13.8 Å². The summed E-state index contributed by atoms with van der Waals surface area (Å²) in [6.45, 7) is 13.6. The van der Waals surface area contributed by atoms with Crippen LogP contribution in [0.25, 0.3) is 20.4 Å². The first kappa shape index (κ1) is 50.6. The van der Waals surface area contributed by atoms with Gasteiger partial charge in [-0.1, -0.05) is 34.4 Å². The van der Waals surface area contributed by atoms with Gasteiger partial charge in [0.1, 0.15) is 32.5 Å². The van der Waals surface area contributed by atoms with Crippen molar-refractivity contribution in [3.8, 4) is 11.5 Å². The van der Waals surface area contributed by atoms with E-state index in [1.54, 1.807) is 40.2 Å². The molecule has 0 unspecified atom stereocenters. The number of hydrogen-bond donors (Lipinski definition) is 5. The van der Waals surface area contributed by atoms with Crippen LogP contribution in [-0.2, 0) is 20.2 Å². The summed E-state index contributed by atoms with van der Waals surface area (Å²) in [6.07, 6.45) is 0. The number of nitrogens with one attached hydrogen (secondary N) is 2. The Morgan fingerprint density at radius 3 is 1.43 bits per heavy atom. The molecule has 0 fully saturated rings. The fraction of sp³-hybridized carbons (Fsp3) is 0.359. The van der Waals surface area contributed by atoms with Gasteiger partial charge in [0.25, 0.3) is 0 Å². The van der Waals surface area contributed by atoms with Crippen molar-refractivity contribution in [2.24, 2.45) is 20.5 Å². The average Bonchev–Trinajstić information content (AvgIpc) is 4.08. The van der Waals surface area contributed by atoms with Crippen LogP contribution >= 0.6 is 57.5 Å². The number of aliphatic hydroxyl groups excluding tert-OH is 1. The second kappa shape index (κ2) is 21.2. The lowest BCUT2D eigenvalue weighted by Crippen LogP contribution is -2.22. The van der Waals surface area contributed by atoms with Crippen molar-refractivity contribution < 1.29 is 40.5 Å². The fourth-order valence-electron chi connectivity index (χ4n) is 7.02. The number of thioether (sulfide) groups is 1. The molecule has 0 aliphatic rings. The lowest BCUT2D eigenvalue weighted by Gasteiger charge is -2.25. The highest BCUT2D eigenvalue weighted by molar-refractivity contribution is 7.99. The number of thiophene rings is 2. The number of benzene rings is 2. The topological polar surface area (TPSA) is 292 Å². The first-order valence-electron chi connectivity index (χ1n) is 20.5. The molecule has 0 aliphatic carbocycles. The van der Waals surface area contributed by atoms with E-state index in [4.69, 9.17) is 14.5 Å². The lowest BCUT2D eigenvalue weighted by atomic mass is 10.2. The maximum absolute atomic E-state index is 12.1. The Kier molecular flexibility index (Phi) is 15.8. The lowest BCUT2D eigenvalue weighted by molar-refractivity contribution is 0.322. The third-order valence-corrected chi connectivity index (χ3v) is 18.0. The maximum Gasteiger partial charge on any atom is 0.304 e. The van der Waals surface area contributed by atoms with Crippen molar-refractivity contribution in [1.29, 1.82) is 0 Å². The minimum atomic E-state index is -4.49. The number of ether oxygens (including phenoxy) is 2. The number of methoxy groups -OCH3 is 2. The molecule has 0 amide bonds.